The van der Waals surface area contributed by atoms with Crippen LogP contribution in [0.3, 0.4) is 0 Å². The van der Waals surface area contributed by atoms with Gasteiger partial charge in [-0.1, -0.05) is 12.1 Å². The molecule has 1 aromatic carbocycles. The third kappa shape index (κ3) is 5.08. The standard InChI is InChI=1S/C19H24N2O4/c22-19(20-23)9-7-16-6-8-18(25-16)15-4-3-5-17(14-15)24-13-12-21-10-1-2-11-21/h3-5,7-9,14,16,23H,1-2,6,10-13H2,(H,20,22)/b9-7+. The van der Waals surface area contributed by atoms with E-state index in [2.05, 4.69) is 4.90 Å². The Hall–Kier alpha value is -2.31. The Bertz CT molecular complexity index is 651. The van der Waals surface area contributed by atoms with Gasteiger partial charge in [-0.15, -0.1) is 0 Å². The first-order chi connectivity index (χ1) is 12.2. The molecule has 0 radical (unpaired) electrons. The predicted molar refractivity (Wildman–Crippen MR) is 94.1 cm³/mol. The quantitative estimate of drug-likeness (QED) is 0.451. The number of amides is 1. The summed E-state index contributed by atoms with van der Waals surface area (Å²) < 4.78 is 11.7. The molecule has 0 saturated carbocycles. The van der Waals surface area contributed by atoms with Crippen LogP contribution in [0, 0.1) is 0 Å². The van der Waals surface area contributed by atoms with Crippen LogP contribution in [-0.2, 0) is 9.53 Å². The molecule has 25 heavy (non-hydrogen) atoms. The van der Waals surface area contributed by atoms with Crippen molar-refractivity contribution in [2.45, 2.75) is 25.4 Å². The molecule has 1 fully saturated rings. The fraction of sp³-hybridized carbons (Fsp3) is 0.421. The highest BCUT2D eigenvalue weighted by Crippen LogP contribution is 2.29. The SMILES string of the molecule is O=C(/C=C/C1CC=C(c2cccc(OCCN3CCCC3)c2)O1)NO. The number of nitrogens with one attached hydrogen (secondary N) is 1. The molecule has 1 saturated heterocycles. The summed E-state index contributed by atoms with van der Waals surface area (Å²) >= 11 is 0. The predicted octanol–water partition coefficient (Wildman–Crippen LogP) is 2.35. The molecule has 3 rings (SSSR count). The lowest BCUT2D eigenvalue weighted by molar-refractivity contribution is -0.124. The first kappa shape index (κ1) is 17.5. The van der Waals surface area contributed by atoms with Crippen molar-refractivity contribution >= 4 is 11.7 Å². The molecule has 1 aromatic rings. The van der Waals surface area contributed by atoms with Gasteiger partial charge >= 0.3 is 0 Å². The number of hydrogen-bond donors (Lipinski definition) is 2. The fourth-order valence-electron chi connectivity index (χ4n) is 3.06. The summed E-state index contributed by atoms with van der Waals surface area (Å²) in [5.41, 5.74) is 2.52. The minimum absolute atomic E-state index is 0.202. The number of rotatable bonds is 7. The number of likely N-dealkylation sites (tertiary alicyclic amines) is 1. The van der Waals surface area contributed by atoms with Crippen LogP contribution in [0.2, 0.25) is 0 Å². The molecule has 0 aromatic heterocycles. The minimum atomic E-state index is -0.564. The van der Waals surface area contributed by atoms with E-state index in [4.69, 9.17) is 14.7 Å². The molecule has 2 aliphatic heterocycles. The van der Waals surface area contributed by atoms with E-state index in [1.807, 2.05) is 30.3 Å². The molecule has 2 heterocycles. The lowest BCUT2D eigenvalue weighted by atomic mass is 10.1. The lowest BCUT2D eigenvalue weighted by Gasteiger charge is -2.15. The number of hydrogen-bond acceptors (Lipinski definition) is 5. The van der Waals surface area contributed by atoms with Gasteiger partial charge in [0, 0.05) is 24.6 Å². The van der Waals surface area contributed by atoms with Crippen molar-refractivity contribution < 1.29 is 19.5 Å². The van der Waals surface area contributed by atoms with Crippen molar-refractivity contribution in [2.75, 3.05) is 26.2 Å². The van der Waals surface area contributed by atoms with Crippen molar-refractivity contribution in [1.82, 2.24) is 10.4 Å². The van der Waals surface area contributed by atoms with E-state index in [0.29, 0.717) is 13.0 Å². The maximum atomic E-state index is 11.0. The summed E-state index contributed by atoms with van der Waals surface area (Å²) in [5, 5.41) is 8.49. The highest BCUT2D eigenvalue weighted by atomic mass is 16.5. The Morgan fingerprint density at radius 3 is 3.04 bits per heavy atom. The molecule has 0 aliphatic carbocycles. The van der Waals surface area contributed by atoms with Crippen LogP contribution in [0.4, 0.5) is 0 Å². The number of nitrogens with zero attached hydrogens (tertiary/aromatic N) is 1. The molecular formula is C19H24N2O4. The van der Waals surface area contributed by atoms with Gasteiger partial charge in [0.2, 0.25) is 0 Å². The van der Waals surface area contributed by atoms with Crippen molar-refractivity contribution in [3.8, 4) is 5.75 Å². The van der Waals surface area contributed by atoms with Gasteiger partial charge in [-0.3, -0.25) is 14.9 Å². The number of carbonyl (C=O) groups is 1. The Kier molecular flexibility index (Phi) is 6.09. The van der Waals surface area contributed by atoms with Crippen LogP contribution >= 0.6 is 0 Å². The molecule has 1 unspecified atom stereocenters. The van der Waals surface area contributed by atoms with Crippen LogP contribution in [0.1, 0.15) is 24.8 Å². The van der Waals surface area contributed by atoms with E-state index in [9.17, 15) is 4.79 Å². The monoisotopic (exact) mass is 344 g/mol. The Morgan fingerprint density at radius 2 is 2.24 bits per heavy atom. The molecule has 0 spiro atoms. The van der Waals surface area contributed by atoms with E-state index in [1.165, 1.54) is 32.0 Å². The van der Waals surface area contributed by atoms with E-state index >= 15 is 0 Å². The van der Waals surface area contributed by atoms with E-state index < -0.39 is 5.91 Å². The van der Waals surface area contributed by atoms with Crippen LogP contribution in [0.25, 0.3) is 5.76 Å². The minimum Gasteiger partial charge on any atom is -0.492 e. The van der Waals surface area contributed by atoms with Gasteiger partial charge in [0.25, 0.3) is 5.91 Å². The Labute approximate surface area is 147 Å². The largest absolute Gasteiger partial charge is 0.492 e. The first-order valence-corrected chi connectivity index (χ1v) is 8.69. The van der Waals surface area contributed by atoms with Gasteiger partial charge in [-0.05, 0) is 50.2 Å². The third-order valence-corrected chi connectivity index (χ3v) is 4.38. The second-order valence-electron chi connectivity index (χ2n) is 6.22. The molecule has 2 aliphatic rings. The van der Waals surface area contributed by atoms with E-state index in [1.54, 1.807) is 11.6 Å². The maximum absolute atomic E-state index is 11.0. The maximum Gasteiger partial charge on any atom is 0.267 e. The second kappa shape index (κ2) is 8.69. The smallest absolute Gasteiger partial charge is 0.267 e. The summed E-state index contributed by atoms with van der Waals surface area (Å²) in [7, 11) is 0. The van der Waals surface area contributed by atoms with Gasteiger partial charge < -0.3 is 9.47 Å². The number of benzene rings is 1. The molecule has 6 nitrogen and oxygen atoms in total. The van der Waals surface area contributed by atoms with Crippen LogP contribution < -0.4 is 10.2 Å². The van der Waals surface area contributed by atoms with Crippen molar-refractivity contribution in [3.05, 3.63) is 48.1 Å². The van der Waals surface area contributed by atoms with E-state index in [-0.39, 0.29) is 6.10 Å². The van der Waals surface area contributed by atoms with Crippen molar-refractivity contribution in [2.24, 2.45) is 0 Å². The van der Waals surface area contributed by atoms with Crippen LogP contribution in [0.5, 0.6) is 5.75 Å². The first-order valence-electron chi connectivity index (χ1n) is 8.69. The van der Waals surface area contributed by atoms with E-state index in [0.717, 1.165) is 23.6 Å². The molecule has 6 heteroatoms. The summed E-state index contributed by atoms with van der Waals surface area (Å²) in [4.78, 5) is 13.4. The lowest BCUT2D eigenvalue weighted by Crippen LogP contribution is -2.25. The average molecular weight is 344 g/mol. The number of ether oxygens (including phenoxy) is 2. The Balaban J connectivity index is 1.51. The second-order valence-corrected chi connectivity index (χ2v) is 6.22. The summed E-state index contributed by atoms with van der Waals surface area (Å²) in [5.74, 6) is 1.05. The molecule has 2 N–H and O–H groups in total. The highest BCUT2D eigenvalue weighted by Gasteiger charge is 2.17. The molecular weight excluding hydrogens is 320 g/mol. The van der Waals surface area contributed by atoms with Crippen LogP contribution in [0.15, 0.2) is 42.5 Å². The average Bonchev–Trinajstić information content (AvgIpc) is 3.32. The zero-order valence-electron chi connectivity index (χ0n) is 14.2. The zero-order chi connectivity index (χ0) is 17.5. The van der Waals surface area contributed by atoms with Crippen LogP contribution in [-0.4, -0.2) is 48.4 Å². The Morgan fingerprint density at radius 1 is 1.40 bits per heavy atom. The normalized spacial score (nSPS) is 20.5. The molecule has 0 bridgehead atoms. The summed E-state index contributed by atoms with van der Waals surface area (Å²) in [6.07, 6.45) is 7.95. The number of carbonyl (C=O) groups excluding carboxylic acids is 1. The van der Waals surface area contributed by atoms with Gasteiger partial charge in [-0.2, -0.15) is 0 Å². The third-order valence-electron chi connectivity index (χ3n) is 4.38. The van der Waals surface area contributed by atoms with Gasteiger partial charge in [0.05, 0.1) is 0 Å². The fourth-order valence-corrected chi connectivity index (χ4v) is 3.06. The van der Waals surface area contributed by atoms with Crippen molar-refractivity contribution in [3.63, 3.8) is 0 Å². The summed E-state index contributed by atoms with van der Waals surface area (Å²) in [6.45, 7) is 3.99. The van der Waals surface area contributed by atoms with Gasteiger partial charge in [0.15, 0.2) is 0 Å². The molecule has 1 amide bonds. The van der Waals surface area contributed by atoms with Gasteiger partial charge in [0.1, 0.15) is 24.2 Å². The van der Waals surface area contributed by atoms with Crippen molar-refractivity contribution in [1.29, 1.82) is 0 Å². The zero-order valence-corrected chi connectivity index (χ0v) is 14.2. The number of hydroxylamine groups is 1. The molecule has 1 atom stereocenters. The summed E-state index contributed by atoms with van der Waals surface area (Å²) in [6, 6.07) is 7.85. The highest BCUT2D eigenvalue weighted by molar-refractivity contribution is 5.86. The van der Waals surface area contributed by atoms with Gasteiger partial charge in [-0.25, -0.2) is 5.48 Å². The topological polar surface area (TPSA) is 71.0 Å². The molecule has 134 valence electrons.